The number of anilines is 1. The molecule has 0 radical (unpaired) electrons. The highest BCUT2D eigenvalue weighted by atomic mass is 79.9. The summed E-state index contributed by atoms with van der Waals surface area (Å²) in [6, 6.07) is 10.8. The molecule has 172 valence electrons. The van der Waals surface area contributed by atoms with Crippen molar-refractivity contribution in [3.8, 4) is 16.2 Å². The lowest BCUT2D eigenvalue weighted by Gasteiger charge is -2.08. The molecule has 0 aliphatic carbocycles. The Labute approximate surface area is 203 Å². The molecule has 33 heavy (non-hydrogen) atoms. The van der Waals surface area contributed by atoms with Crippen LogP contribution in [0, 0.1) is 0 Å². The molecule has 0 atom stereocenters. The number of hydrogen-bond acceptors (Lipinski definition) is 8. The van der Waals surface area contributed by atoms with Crippen molar-refractivity contribution >= 4 is 50.8 Å². The minimum absolute atomic E-state index is 0.169. The van der Waals surface area contributed by atoms with E-state index in [4.69, 9.17) is 14.2 Å². The number of rotatable bonds is 9. The van der Waals surface area contributed by atoms with Crippen molar-refractivity contribution in [2.45, 2.75) is 13.3 Å². The summed E-state index contributed by atoms with van der Waals surface area (Å²) in [7, 11) is 1.27. The summed E-state index contributed by atoms with van der Waals surface area (Å²) in [5, 5.41) is 2.88. The molecule has 0 saturated heterocycles. The Balaban J connectivity index is 1.84. The average Bonchev–Trinajstić information content (AvgIpc) is 3.14. The van der Waals surface area contributed by atoms with Crippen molar-refractivity contribution in [3.63, 3.8) is 0 Å². The molecule has 1 N–H and O–H groups in total. The Hall–Kier alpha value is -3.24. The standard InChI is InChI=1S/C23H21BrN2O6S/c1-3-31-18(28)13-32-20-19(24)21(33-22(20)23(29)30-2)15-5-4-6-16(12-15)26-17(27)11-14-7-9-25-10-8-14/h4-10,12H,3,11,13H2,1-2H3,(H,26,27). The number of carbonyl (C=O) groups excluding carboxylic acids is 3. The van der Waals surface area contributed by atoms with Gasteiger partial charge in [0.05, 0.1) is 29.5 Å². The summed E-state index contributed by atoms with van der Waals surface area (Å²) in [4.78, 5) is 41.3. The van der Waals surface area contributed by atoms with Crippen LogP contribution in [0.2, 0.25) is 0 Å². The Kier molecular flexibility index (Phi) is 8.56. The maximum Gasteiger partial charge on any atom is 0.351 e. The average molecular weight is 533 g/mol. The molecule has 2 heterocycles. The summed E-state index contributed by atoms with van der Waals surface area (Å²) in [5.41, 5.74) is 2.19. The fourth-order valence-electron chi connectivity index (χ4n) is 2.90. The lowest BCUT2D eigenvalue weighted by molar-refractivity contribution is -0.145. The highest BCUT2D eigenvalue weighted by Crippen LogP contribution is 2.46. The third-order valence-electron chi connectivity index (χ3n) is 4.34. The summed E-state index contributed by atoms with van der Waals surface area (Å²) in [6.07, 6.45) is 3.49. The molecule has 3 aromatic rings. The minimum Gasteiger partial charge on any atom is -0.479 e. The predicted molar refractivity (Wildman–Crippen MR) is 127 cm³/mol. The second-order valence-electron chi connectivity index (χ2n) is 6.65. The first-order valence-corrected chi connectivity index (χ1v) is 11.5. The number of hydrogen-bond donors (Lipinski definition) is 1. The number of amides is 1. The van der Waals surface area contributed by atoms with Crippen LogP contribution in [0.4, 0.5) is 5.69 Å². The van der Waals surface area contributed by atoms with Gasteiger partial charge in [0.2, 0.25) is 5.91 Å². The third-order valence-corrected chi connectivity index (χ3v) is 6.56. The molecule has 2 aromatic heterocycles. The SMILES string of the molecule is CCOC(=O)COc1c(C(=O)OC)sc(-c2cccc(NC(=O)Cc3ccncc3)c2)c1Br. The Morgan fingerprint density at radius 1 is 1.15 bits per heavy atom. The van der Waals surface area contributed by atoms with E-state index in [2.05, 4.69) is 26.2 Å². The van der Waals surface area contributed by atoms with Crippen LogP contribution in [0.3, 0.4) is 0 Å². The number of benzene rings is 1. The van der Waals surface area contributed by atoms with Gasteiger partial charge in [-0.3, -0.25) is 9.78 Å². The van der Waals surface area contributed by atoms with E-state index in [0.717, 1.165) is 22.5 Å². The second kappa shape index (κ2) is 11.6. The number of carbonyl (C=O) groups is 3. The molecule has 1 amide bonds. The van der Waals surface area contributed by atoms with Crippen LogP contribution in [-0.2, 0) is 25.5 Å². The van der Waals surface area contributed by atoms with Crippen LogP contribution in [0.5, 0.6) is 5.75 Å². The zero-order valence-corrected chi connectivity index (χ0v) is 20.3. The predicted octanol–water partition coefficient (Wildman–Crippen LogP) is 4.48. The van der Waals surface area contributed by atoms with Crippen molar-refractivity contribution in [3.05, 3.63) is 63.7 Å². The number of ether oxygens (including phenoxy) is 3. The molecule has 0 unspecified atom stereocenters. The van der Waals surface area contributed by atoms with E-state index < -0.39 is 11.9 Å². The van der Waals surface area contributed by atoms with Crippen molar-refractivity contribution in [2.75, 3.05) is 25.6 Å². The maximum absolute atomic E-state index is 12.4. The minimum atomic E-state index is -0.590. The third kappa shape index (κ3) is 6.39. The smallest absolute Gasteiger partial charge is 0.351 e. The van der Waals surface area contributed by atoms with E-state index in [9.17, 15) is 14.4 Å². The van der Waals surface area contributed by atoms with Gasteiger partial charge in [0, 0.05) is 18.1 Å². The van der Waals surface area contributed by atoms with Gasteiger partial charge in [0.15, 0.2) is 17.2 Å². The maximum atomic E-state index is 12.4. The van der Waals surface area contributed by atoms with Crippen LogP contribution >= 0.6 is 27.3 Å². The monoisotopic (exact) mass is 532 g/mol. The van der Waals surface area contributed by atoms with Crippen LogP contribution in [0.15, 0.2) is 53.3 Å². The van der Waals surface area contributed by atoms with Crippen molar-refractivity contribution in [2.24, 2.45) is 0 Å². The van der Waals surface area contributed by atoms with E-state index in [-0.39, 0.29) is 36.2 Å². The molecule has 8 nitrogen and oxygen atoms in total. The zero-order chi connectivity index (χ0) is 23.8. The van der Waals surface area contributed by atoms with Gasteiger partial charge < -0.3 is 19.5 Å². The first-order valence-electron chi connectivity index (χ1n) is 9.91. The quantitative estimate of drug-likeness (QED) is 0.405. The molecule has 0 spiro atoms. The summed E-state index contributed by atoms with van der Waals surface area (Å²) < 4.78 is 15.8. The fourth-order valence-corrected chi connectivity index (χ4v) is 4.87. The Morgan fingerprint density at radius 2 is 1.91 bits per heavy atom. The summed E-state index contributed by atoms with van der Waals surface area (Å²) in [5.74, 6) is -1.11. The van der Waals surface area contributed by atoms with Gasteiger partial charge in [0.1, 0.15) is 0 Å². The van der Waals surface area contributed by atoms with E-state index in [1.165, 1.54) is 7.11 Å². The number of nitrogens with zero attached hydrogens (tertiary/aromatic N) is 1. The van der Waals surface area contributed by atoms with Gasteiger partial charge in [-0.15, -0.1) is 11.3 Å². The zero-order valence-electron chi connectivity index (χ0n) is 17.9. The van der Waals surface area contributed by atoms with Crippen LogP contribution < -0.4 is 10.1 Å². The van der Waals surface area contributed by atoms with E-state index >= 15 is 0 Å². The van der Waals surface area contributed by atoms with Crippen LogP contribution in [0.25, 0.3) is 10.4 Å². The molecular formula is C23H21BrN2O6S. The van der Waals surface area contributed by atoms with Gasteiger partial charge in [-0.2, -0.15) is 0 Å². The lowest BCUT2D eigenvalue weighted by atomic mass is 10.1. The number of halogens is 1. The lowest BCUT2D eigenvalue weighted by Crippen LogP contribution is -2.15. The molecule has 0 bridgehead atoms. The van der Waals surface area contributed by atoms with Gasteiger partial charge in [-0.05, 0) is 58.2 Å². The molecule has 0 saturated carbocycles. The van der Waals surface area contributed by atoms with Crippen LogP contribution in [0.1, 0.15) is 22.2 Å². The normalized spacial score (nSPS) is 10.4. The Bertz CT molecular complexity index is 1150. The molecular weight excluding hydrogens is 512 g/mol. The van der Waals surface area contributed by atoms with Gasteiger partial charge in [0.25, 0.3) is 0 Å². The molecule has 0 fully saturated rings. The summed E-state index contributed by atoms with van der Waals surface area (Å²) in [6.45, 7) is 1.57. The number of pyridine rings is 1. The topological polar surface area (TPSA) is 104 Å². The first kappa shape index (κ1) is 24.4. The fraction of sp³-hybridized carbons (Fsp3) is 0.217. The highest BCUT2D eigenvalue weighted by Gasteiger charge is 2.25. The molecule has 10 heteroatoms. The van der Waals surface area contributed by atoms with Crippen molar-refractivity contribution < 1.29 is 28.6 Å². The number of methoxy groups -OCH3 is 1. The molecule has 1 aromatic carbocycles. The van der Waals surface area contributed by atoms with E-state index in [0.29, 0.717) is 15.0 Å². The largest absolute Gasteiger partial charge is 0.479 e. The molecule has 0 aliphatic rings. The Morgan fingerprint density at radius 3 is 2.61 bits per heavy atom. The first-order chi connectivity index (χ1) is 15.9. The number of esters is 2. The van der Waals surface area contributed by atoms with Crippen molar-refractivity contribution in [1.29, 1.82) is 0 Å². The van der Waals surface area contributed by atoms with Crippen LogP contribution in [-0.4, -0.2) is 43.2 Å². The van der Waals surface area contributed by atoms with Gasteiger partial charge in [-0.25, -0.2) is 9.59 Å². The van der Waals surface area contributed by atoms with E-state index in [1.54, 1.807) is 49.6 Å². The summed E-state index contributed by atoms with van der Waals surface area (Å²) >= 11 is 4.63. The highest BCUT2D eigenvalue weighted by molar-refractivity contribution is 9.10. The number of aromatic nitrogens is 1. The molecule has 3 rings (SSSR count). The van der Waals surface area contributed by atoms with Gasteiger partial charge >= 0.3 is 11.9 Å². The number of thiophene rings is 1. The van der Waals surface area contributed by atoms with E-state index in [1.807, 2.05) is 6.07 Å². The van der Waals surface area contributed by atoms with Gasteiger partial charge in [-0.1, -0.05) is 12.1 Å². The molecule has 0 aliphatic heterocycles. The number of nitrogens with one attached hydrogen (secondary N) is 1. The second-order valence-corrected chi connectivity index (χ2v) is 8.46. The van der Waals surface area contributed by atoms with Crippen molar-refractivity contribution in [1.82, 2.24) is 4.98 Å².